The second kappa shape index (κ2) is 5.45. The molecule has 0 heterocycles. The van der Waals surface area contributed by atoms with Crippen LogP contribution in [0.2, 0.25) is 0 Å². The second-order valence-corrected chi connectivity index (χ2v) is 3.54. The zero-order valence-electron chi connectivity index (χ0n) is 8.20. The molecule has 0 saturated heterocycles. The lowest BCUT2D eigenvalue weighted by atomic mass is 10.2. The first-order chi connectivity index (χ1) is 5.49. The first-order valence-electron chi connectivity index (χ1n) is 4.01. The van der Waals surface area contributed by atoms with E-state index in [4.69, 9.17) is 22.7 Å². The second-order valence-electron chi connectivity index (χ2n) is 3.06. The summed E-state index contributed by atoms with van der Waals surface area (Å²) in [5.74, 6) is 0. The molecule has 0 radical (unpaired) electrons. The van der Waals surface area contributed by atoms with Gasteiger partial charge in [-0.1, -0.05) is 12.2 Å². The molecule has 2 unspecified atom stereocenters. The summed E-state index contributed by atoms with van der Waals surface area (Å²) in [5, 5.41) is 0. The van der Waals surface area contributed by atoms with Crippen molar-refractivity contribution in [3.8, 4) is 0 Å². The Bertz CT molecular complexity index is 152. The number of methoxy groups -OCH3 is 1. The van der Waals surface area contributed by atoms with Crippen LogP contribution < -0.4 is 5.73 Å². The molecule has 0 fully saturated rings. The van der Waals surface area contributed by atoms with E-state index in [0.29, 0.717) is 4.99 Å². The number of hydrogen-bond donors (Lipinski definition) is 1. The highest BCUT2D eigenvalue weighted by Gasteiger charge is 2.13. The van der Waals surface area contributed by atoms with Gasteiger partial charge in [0, 0.05) is 13.7 Å². The topological polar surface area (TPSA) is 38.5 Å². The lowest BCUT2D eigenvalue weighted by Crippen LogP contribution is -2.42. The number of hydrogen-bond acceptors (Lipinski definition) is 3. The van der Waals surface area contributed by atoms with Crippen molar-refractivity contribution in [3.05, 3.63) is 0 Å². The van der Waals surface area contributed by atoms with Gasteiger partial charge in [-0.05, 0) is 20.9 Å². The predicted octanol–water partition coefficient (Wildman–Crippen LogP) is 0.628. The Morgan fingerprint density at radius 1 is 1.58 bits per heavy atom. The van der Waals surface area contributed by atoms with Gasteiger partial charge in [0.1, 0.15) is 0 Å². The van der Waals surface area contributed by atoms with Gasteiger partial charge in [0.05, 0.1) is 17.1 Å². The maximum absolute atomic E-state index is 5.50. The van der Waals surface area contributed by atoms with E-state index in [1.54, 1.807) is 7.11 Å². The number of ether oxygens (including phenoxy) is 1. The van der Waals surface area contributed by atoms with Crippen molar-refractivity contribution in [1.29, 1.82) is 0 Å². The van der Waals surface area contributed by atoms with Crippen molar-refractivity contribution < 1.29 is 4.74 Å². The Hall–Kier alpha value is -0.190. The van der Waals surface area contributed by atoms with Gasteiger partial charge in [0.15, 0.2) is 0 Å². The normalized spacial score (nSPS) is 16.1. The Balaban J connectivity index is 3.86. The third-order valence-corrected chi connectivity index (χ3v) is 2.36. The number of likely N-dealkylation sites (N-methyl/N-ethyl adjacent to an activating group) is 1. The van der Waals surface area contributed by atoms with Crippen LogP contribution in [0.1, 0.15) is 13.8 Å². The summed E-state index contributed by atoms with van der Waals surface area (Å²) in [4.78, 5) is 2.61. The van der Waals surface area contributed by atoms with E-state index >= 15 is 0 Å². The summed E-state index contributed by atoms with van der Waals surface area (Å²) in [6.07, 6.45) is 0.215. The molecule has 0 saturated carbocycles. The fourth-order valence-electron chi connectivity index (χ4n) is 0.855. The average Bonchev–Trinajstić information content (AvgIpc) is 2.02. The van der Waals surface area contributed by atoms with Crippen molar-refractivity contribution in [1.82, 2.24) is 4.90 Å². The number of rotatable bonds is 5. The number of nitrogens with two attached hydrogens (primary N) is 1. The molecule has 3 nitrogen and oxygen atoms in total. The fourth-order valence-corrected chi connectivity index (χ4v) is 1.04. The Morgan fingerprint density at radius 3 is 2.42 bits per heavy atom. The highest BCUT2D eigenvalue weighted by Crippen LogP contribution is 1.99. The van der Waals surface area contributed by atoms with Crippen LogP contribution in [0.4, 0.5) is 0 Å². The van der Waals surface area contributed by atoms with Crippen LogP contribution in [0.15, 0.2) is 0 Å². The predicted molar refractivity (Wildman–Crippen MR) is 55.3 cm³/mol. The molecule has 2 N–H and O–H groups in total. The summed E-state index contributed by atoms with van der Waals surface area (Å²) in [6, 6.07) is 0.137. The van der Waals surface area contributed by atoms with E-state index in [1.165, 1.54) is 0 Å². The molecule has 0 aliphatic carbocycles. The van der Waals surface area contributed by atoms with Crippen molar-refractivity contribution >= 4 is 17.2 Å². The lowest BCUT2D eigenvalue weighted by Gasteiger charge is -2.25. The molecule has 12 heavy (non-hydrogen) atoms. The zero-order valence-corrected chi connectivity index (χ0v) is 9.02. The summed E-state index contributed by atoms with van der Waals surface area (Å²) >= 11 is 4.88. The van der Waals surface area contributed by atoms with E-state index in [2.05, 4.69) is 4.90 Å². The highest BCUT2D eigenvalue weighted by atomic mass is 32.1. The molecule has 0 spiro atoms. The number of thiocarbonyl (C=S) groups is 1. The molecule has 0 aromatic rings. The van der Waals surface area contributed by atoms with Crippen LogP contribution in [-0.4, -0.2) is 42.7 Å². The molecule has 0 rings (SSSR count). The first-order valence-corrected chi connectivity index (χ1v) is 4.42. The largest absolute Gasteiger partial charge is 0.392 e. The fraction of sp³-hybridized carbons (Fsp3) is 0.875. The minimum absolute atomic E-state index is 0.137. The smallest absolute Gasteiger partial charge is 0.0899 e. The van der Waals surface area contributed by atoms with Gasteiger partial charge in [0.2, 0.25) is 0 Å². The molecule has 0 aromatic heterocycles. The van der Waals surface area contributed by atoms with Crippen molar-refractivity contribution in [2.75, 3.05) is 20.7 Å². The van der Waals surface area contributed by atoms with Gasteiger partial charge in [-0.25, -0.2) is 0 Å². The lowest BCUT2D eigenvalue weighted by molar-refractivity contribution is 0.0821. The van der Waals surface area contributed by atoms with Crippen LogP contribution in [0, 0.1) is 0 Å². The molecule has 0 aliphatic heterocycles. The molecule has 0 aromatic carbocycles. The minimum atomic E-state index is 0.137. The Labute approximate surface area is 79.9 Å². The third kappa shape index (κ3) is 3.99. The SMILES string of the molecule is COC(C)CN(C)C(C)C(N)=S. The highest BCUT2D eigenvalue weighted by molar-refractivity contribution is 7.80. The van der Waals surface area contributed by atoms with Crippen molar-refractivity contribution in [2.24, 2.45) is 5.73 Å². The van der Waals surface area contributed by atoms with Gasteiger partial charge >= 0.3 is 0 Å². The summed E-state index contributed by atoms with van der Waals surface area (Å²) in [7, 11) is 3.68. The standard InChI is InChI=1S/C8H18N2OS/c1-6(11-4)5-10(3)7(2)8(9)12/h6-7H,5H2,1-4H3,(H2,9,12). The van der Waals surface area contributed by atoms with Gasteiger partial charge < -0.3 is 10.5 Å². The van der Waals surface area contributed by atoms with Crippen LogP contribution in [0.3, 0.4) is 0 Å². The molecule has 2 atom stereocenters. The molecule has 72 valence electrons. The molecule has 0 amide bonds. The van der Waals surface area contributed by atoms with E-state index in [1.807, 2.05) is 20.9 Å². The van der Waals surface area contributed by atoms with Crippen LogP contribution in [0.25, 0.3) is 0 Å². The van der Waals surface area contributed by atoms with Gasteiger partial charge in [-0.3, -0.25) is 4.90 Å². The number of nitrogens with zero attached hydrogens (tertiary/aromatic N) is 1. The quantitative estimate of drug-likeness (QED) is 0.645. The monoisotopic (exact) mass is 190 g/mol. The van der Waals surface area contributed by atoms with Crippen LogP contribution >= 0.6 is 12.2 Å². The summed E-state index contributed by atoms with van der Waals surface area (Å²) in [5.41, 5.74) is 5.50. The molecular formula is C8H18N2OS. The summed E-state index contributed by atoms with van der Waals surface area (Å²) < 4.78 is 5.12. The van der Waals surface area contributed by atoms with Crippen LogP contribution in [0.5, 0.6) is 0 Å². The van der Waals surface area contributed by atoms with Gasteiger partial charge in [-0.15, -0.1) is 0 Å². The maximum Gasteiger partial charge on any atom is 0.0899 e. The van der Waals surface area contributed by atoms with E-state index in [-0.39, 0.29) is 12.1 Å². The van der Waals surface area contributed by atoms with Crippen molar-refractivity contribution in [2.45, 2.75) is 26.0 Å². The van der Waals surface area contributed by atoms with E-state index < -0.39 is 0 Å². The molecule has 4 heteroatoms. The van der Waals surface area contributed by atoms with E-state index in [9.17, 15) is 0 Å². The zero-order chi connectivity index (χ0) is 9.72. The third-order valence-electron chi connectivity index (χ3n) is 2.02. The van der Waals surface area contributed by atoms with Gasteiger partial charge in [0.25, 0.3) is 0 Å². The molecule has 0 aliphatic rings. The minimum Gasteiger partial charge on any atom is -0.392 e. The van der Waals surface area contributed by atoms with Gasteiger partial charge in [-0.2, -0.15) is 0 Å². The molecular weight excluding hydrogens is 172 g/mol. The van der Waals surface area contributed by atoms with E-state index in [0.717, 1.165) is 6.54 Å². The summed E-state index contributed by atoms with van der Waals surface area (Å²) in [6.45, 7) is 4.85. The molecule has 0 bridgehead atoms. The Kier molecular flexibility index (Phi) is 5.37. The maximum atomic E-state index is 5.50. The van der Waals surface area contributed by atoms with Crippen LogP contribution in [-0.2, 0) is 4.74 Å². The Morgan fingerprint density at radius 2 is 2.08 bits per heavy atom. The van der Waals surface area contributed by atoms with Crippen molar-refractivity contribution in [3.63, 3.8) is 0 Å². The first kappa shape index (κ1) is 11.8. The average molecular weight is 190 g/mol.